The summed E-state index contributed by atoms with van der Waals surface area (Å²) in [5, 5.41) is 2.68. The molecule has 1 rings (SSSR count). The molecule has 7 nitrogen and oxygen atoms in total. The molecule has 25 heavy (non-hydrogen) atoms. The normalized spacial score (nSPS) is 12.1. The van der Waals surface area contributed by atoms with Crippen LogP contribution in [0.4, 0.5) is 0 Å². The highest BCUT2D eigenvalue weighted by Gasteiger charge is 2.21. The molecule has 0 unspecified atom stereocenters. The molecule has 1 aromatic carbocycles. The highest BCUT2D eigenvalue weighted by Crippen LogP contribution is 2.28. The van der Waals surface area contributed by atoms with Gasteiger partial charge in [0.1, 0.15) is 12.6 Å². The lowest BCUT2D eigenvalue weighted by molar-refractivity contribution is -0.120. The zero-order chi connectivity index (χ0) is 19.0. The standard InChI is InChI=1S/C18H29N3O4/c1-12(2)10-14(17(19)22)20-18(23)13-6-7-15(16(11-13)24-5)25-9-8-21(3)4/h6-7,11-12,14H,8-10H2,1-5H3,(H2,19,22)(H,20,23)/t14-/m0/s1. The van der Waals surface area contributed by atoms with Gasteiger partial charge in [0.25, 0.3) is 5.91 Å². The first kappa shape index (κ1) is 20.8. The van der Waals surface area contributed by atoms with Gasteiger partial charge in [-0.05, 0) is 44.6 Å². The van der Waals surface area contributed by atoms with Gasteiger partial charge in [-0.1, -0.05) is 13.8 Å². The molecular formula is C18H29N3O4. The summed E-state index contributed by atoms with van der Waals surface area (Å²) >= 11 is 0. The second-order valence-electron chi connectivity index (χ2n) is 6.58. The monoisotopic (exact) mass is 351 g/mol. The van der Waals surface area contributed by atoms with Gasteiger partial charge in [0.15, 0.2) is 11.5 Å². The van der Waals surface area contributed by atoms with Crippen LogP contribution >= 0.6 is 0 Å². The Morgan fingerprint density at radius 3 is 2.44 bits per heavy atom. The molecule has 2 amide bonds. The van der Waals surface area contributed by atoms with Crippen LogP contribution in [0, 0.1) is 5.92 Å². The maximum Gasteiger partial charge on any atom is 0.252 e. The van der Waals surface area contributed by atoms with Crippen LogP contribution in [0.15, 0.2) is 18.2 Å². The average Bonchev–Trinajstić information content (AvgIpc) is 2.53. The molecule has 0 fully saturated rings. The summed E-state index contributed by atoms with van der Waals surface area (Å²) in [6.07, 6.45) is 0.490. The molecule has 7 heteroatoms. The molecule has 0 aromatic heterocycles. The van der Waals surface area contributed by atoms with Crippen LogP contribution < -0.4 is 20.5 Å². The number of rotatable bonds is 10. The number of nitrogens with one attached hydrogen (secondary N) is 1. The third kappa shape index (κ3) is 7.01. The van der Waals surface area contributed by atoms with E-state index in [1.165, 1.54) is 7.11 Å². The van der Waals surface area contributed by atoms with Gasteiger partial charge < -0.3 is 25.4 Å². The molecule has 0 saturated heterocycles. The predicted octanol–water partition coefficient (Wildman–Crippen LogP) is 1.27. The van der Waals surface area contributed by atoms with Crippen molar-refractivity contribution >= 4 is 11.8 Å². The number of carbonyl (C=O) groups excluding carboxylic acids is 2. The highest BCUT2D eigenvalue weighted by atomic mass is 16.5. The predicted molar refractivity (Wildman–Crippen MR) is 96.9 cm³/mol. The molecule has 0 saturated carbocycles. The zero-order valence-corrected chi connectivity index (χ0v) is 15.7. The van der Waals surface area contributed by atoms with Crippen LogP contribution in [-0.2, 0) is 4.79 Å². The number of hydrogen-bond acceptors (Lipinski definition) is 5. The van der Waals surface area contributed by atoms with E-state index in [4.69, 9.17) is 15.2 Å². The van der Waals surface area contributed by atoms with Gasteiger partial charge >= 0.3 is 0 Å². The Bertz CT molecular complexity index is 588. The molecule has 0 spiro atoms. The van der Waals surface area contributed by atoms with Gasteiger partial charge in [-0.3, -0.25) is 9.59 Å². The summed E-state index contributed by atoms with van der Waals surface area (Å²) in [7, 11) is 5.43. The Morgan fingerprint density at radius 1 is 1.24 bits per heavy atom. The van der Waals surface area contributed by atoms with E-state index in [1.807, 2.05) is 32.8 Å². The van der Waals surface area contributed by atoms with Gasteiger partial charge in [-0.2, -0.15) is 0 Å². The lowest BCUT2D eigenvalue weighted by Gasteiger charge is -2.18. The third-order valence-electron chi connectivity index (χ3n) is 3.58. The SMILES string of the molecule is COc1cc(C(=O)N[C@@H](CC(C)C)C(N)=O)ccc1OCCN(C)C. The molecule has 1 aromatic rings. The molecule has 140 valence electrons. The number of benzene rings is 1. The fourth-order valence-corrected chi connectivity index (χ4v) is 2.23. The topological polar surface area (TPSA) is 93.9 Å². The number of nitrogens with zero attached hydrogens (tertiary/aromatic N) is 1. The van der Waals surface area contributed by atoms with Gasteiger partial charge in [0.05, 0.1) is 7.11 Å². The number of likely N-dealkylation sites (N-methyl/N-ethyl adjacent to an activating group) is 1. The Labute approximate surface area is 149 Å². The van der Waals surface area contributed by atoms with E-state index < -0.39 is 11.9 Å². The summed E-state index contributed by atoms with van der Waals surface area (Å²) in [4.78, 5) is 25.9. The molecule has 0 aliphatic rings. The number of methoxy groups -OCH3 is 1. The number of amides is 2. The maximum atomic E-state index is 12.4. The third-order valence-corrected chi connectivity index (χ3v) is 3.58. The van der Waals surface area contributed by atoms with Crippen LogP contribution in [-0.4, -0.2) is 57.1 Å². The summed E-state index contributed by atoms with van der Waals surface area (Å²) < 4.78 is 11.0. The van der Waals surface area contributed by atoms with E-state index in [9.17, 15) is 9.59 Å². The Kier molecular flexibility index (Phi) is 8.21. The van der Waals surface area contributed by atoms with Crippen LogP contribution in [0.2, 0.25) is 0 Å². The Balaban J connectivity index is 2.83. The minimum atomic E-state index is -0.700. The number of nitrogens with two attached hydrogens (primary N) is 1. The smallest absolute Gasteiger partial charge is 0.252 e. The molecule has 1 atom stereocenters. The van der Waals surface area contributed by atoms with E-state index in [-0.39, 0.29) is 11.8 Å². The first-order valence-corrected chi connectivity index (χ1v) is 8.30. The van der Waals surface area contributed by atoms with Crippen molar-refractivity contribution in [2.24, 2.45) is 11.7 Å². The van der Waals surface area contributed by atoms with Crippen LogP contribution in [0.25, 0.3) is 0 Å². The number of ether oxygens (including phenoxy) is 2. The van der Waals surface area contributed by atoms with Crippen molar-refractivity contribution in [3.05, 3.63) is 23.8 Å². The molecule has 0 heterocycles. The number of hydrogen-bond donors (Lipinski definition) is 2. The number of carbonyl (C=O) groups is 2. The lowest BCUT2D eigenvalue weighted by Crippen LogP contribution is -2.45. The second-order valence-corrected chi connectivity index (χ2v) is 6.58. The van der Waals surface area contributed by atoms with E-state index in [2.05, 4.69) is 5.32 Å². The molecule has 3 N–H and O–H groups in total. The van der Waals surface area contributed by atoms with Crippen LogP contribution in [0.1, 0.15) is 30.6 Å². The van der Waals surface area contributed by atoms with Gasteiger partial charge in [0.2, 0.25) is 5.91 Å². The summed E-state index contributed by atoms with van der Waals surface area (Å²) in [5.74, 6) is 0.348. The van der Waals surface area contributed by atoms with E-state index in [0.717, 1.165) is 6.54 Å². The molecule has 0 radical (unpaired) electrons. The van der Waals surface area contributed by atoms with Crippen LogP contribution in [0.5, 0.6) is 11.5 Å². The number of primary amides is 1. The minimum Gasteiger partial charge on any atom is -0.493 e. The molecule has 0 bridgehead atoms. The fraction of sp³-hybridized carbons (Fsp3) is 0.556. The molecule has 0 aliphatic carbocycles. The molecule has 0 aliphatic heterocycles. The van der Waals surface area contributed by atoms with Gasteiger partial charge in [-0.25, -0.2) is 0 Å². The van der Waals surface area contributed by atoms with Crippen molar-refractivity contribution in [3.63, 3.8) is 0 Å². The zero-order valence-electron chi connectivity index (χ0n) is 15.7. The van der Waals surface area contributed by atoms with Gasteiger partial charge in [0, 0.05) is 12.1 Å². The average molecular weight is 351 g/mol. The summed E-state index contributed by atoms with van der Waals surface area (Å²) in [5.41, 5.74) is 5.75. The second kappa shape index (κ2) is 9.88. The Hall–Kier alpha value is -2.28. The minimum absolute atomic E-state index is 0.236. The highest BCUT2D eigenvalue weighted by molar-refractivity contribution is 5.97. The first-order chi connectivity index (χ1) is 11.7. The van der Waals surface area contributed by atoms with Crippen molar-refractivity contribution in [3.8, 4) is 11.5 Å². The lowest BCUT2D eigenvalue weighted by atomic mass is 10.0. The largest absolute Gasteiger partial charge is 0.493 e. The molecular weight excluding hydrogens is 322 g/mol. The van der Waals surface area contributed by atoms with Crippen molar-refractivity contribution in [1.82, 2.24) is 10.2 Å². The van der Waals surface area contributed by atoms with Gasteiger partial charge in [-0.15, -0.1) is 0 Å². The first-order valence-electron chi connectivity index (χ1n) is 8.30. The summed E-state index contributed by atoms with van der Waals surface area (Å²) in [6, 6.07) is 4.21. The van der Waals surface area contributed by atoms with Crippen molar-refractivity contribution in [2.75, 3.05) is 34.4 Å². The van der Waals surface area contributed by atoms with Crippen molar-refractivity contribution in [2.45, 2.75) is 26.3 Å². The maximum absolute atomic E-state index is 12.4. The van der Waals surface area contributed by atoms with E-state index in [0.29, 0.717) is 30.1 Å². The van der Waals surface area contributed by atoms with Crippen molar-refractivity contribution < 1.29 is 19.1 Å². The van der Waals surface area contributed by atoms with Crippen molar-refractivity contribution in [1.29, 1.82) is 0 Å². The van der Waals surface area contributed by atoms with E-state index in [1.54, 1.807) is 18.2 Å². The Morgan fingerprint density at radius 2 is 1.92 bits per heavy atom. The van der Waals surface area contributed by atoms with Crippen LogP contribution in [0.3, 0.4) is 0 Å². The van der Waals surface area contributed by atoms with E-state index >= 15 is 0 Å². The fourth-order valence-electron chi connectivity index (χ4n) is 2.23. The quantitative estimate of drug-likeness (QED) is 0.662. The summed E-state index contributed by atoms with van der Waals surface area (Å²) in [6.45, 7) is 5.20.